The Balaban J connectivity index is 1.91. The average Bonchev–Trinajstić information content (AvgIpc) is 2.83. The van der Waals surface area contributed by atoms with Crippen LogP contribution in [0.15, 0.2) is 66.7 Å². The maximum Gasteiger partial charge on any atom is 0.418 e. The molecule has 0 bridgehead atoms. The first kappa shape index (κ1) is 16.0. The van der Waals surface area contributed by atoms with Gasteiger partial charge in [0, 0.05) is 6.08 Å². The van der Waals surface area contributed by atoms with Crippen LogP contribution >= 0.6 is 0 Å². The van der Waals surface area contributed by atoms with E-state index in [2.05, 4.69) is 0 Å². The fourth-order valence-corrected chi connectivity index (χ4v) is 2.96. The molecule has 4 nitrogen and oxygen atoms in total. The zero-order chi connectivity index (χ0) is 17.2. The standard InChI is InChI=1S/C20H19NO3/c1-20(2)18(16-11-7-4-8-12-16)21(19(23)24-20)17(22)14-13-15-9-5-3-6-10-15/h3-14,18H,1-2H3/b14-13+/t18-/m1/s1. The van der Waals surface area contributed by atoms with Crippen LogP contribution in [0, 0.1) is 0 Å². The summed E-state index contributed by atoms with van der Waals surface area (Å²) in [5.74, 6) is -0.386. The number of hydrogen-bond donors (Lipinski definition) is 0. The lowest BCUT2D eigenvalue weighted by atomic mass is 9.91. The fourth-order valence-electron chi connectivity index (χ4n) is 2.96. The van der Waals surface area contributed by atoms with Gasteiger partial charge in [-0.05, 0) is 31.1 Å². The minimum absolute atomic E-state index is 0.386. The number of carbonyl (C=O) groups is 2. The van der Waals surface area contributed by atoms with E-state index in [4.69, 9.17) is 4.74 Å². The molecule has 4 heteroatoms. The second-order valence-electron chi connectivity index (χ2n) is 6.24. The van der Waals surface area contributed by atoms with Gasteiger partial charge in [0.2, 0.25) is 0 Å². The zero-order valence-electron chi connectivity index (χ0n) is 13.7. The van der Waals surface area contributed by atoms with E-state index in [0.717, 1.165) is 11.1 Å². The van der Waals surface area contributed by atoms with Gasteiger partial charge in [-0.3, -0.25) is 4.79 Å². The van der Waals surface area contributed by atoms with Crippen LogP contribution in [0.2, 0.25) is 0 Å². The Morgan fingerprint density at radius 3 is 2.25 bits per heavy atom. The highest BCUT2D eigenvalue weighted by Gasteiger charge is 2.50. The molecule has 3 rings (SSSR count). The maximum absolute atomic E-state index is 12.6. The molecule has 0 N–H and O–H groups in total. The van der Waals surface area contributed by atoms with Gasteiger partial charge in [0.1, 0.15) is 11.6 Å². The van der Waals surface area contributed by atoms with Crippen molar-refractivity contribution in [3.8, 4) is 0 Å². The Morgan fingerprint density at radius 2 is 1.62 bits per heavy atom. The first-order chi connectivity index (χ1) is 11.5. The third-order valence-electron chi connectivity index (χ3n) is 4.03. The molecule has 2 amide bonds. The van der Waals surface area contributed by atoms with E-state index < -0.39 is 17.7 Å². The lowest BCUT2D eigenvalue weighted by Crippen LogP contribution is -2.37. The second-order valence-corrected chi connectivity index (χ2v) is 6.24. The number of nitrogens with zero attached hydrogens (tertiary/aromatic N) is 1. The molecule has 1 saturated heterocycles. The summed E-state index contributed by atoms with van der Waals surface area (Å²) < 4.78 is 5.43. The van der Waals surface area contributed by atoms with Crippen LogP contribution in [0.25, 0.3) is 6.08 Å². The molecule has 0 spiro atoms. The van der Waals surface area contributed by atoms with Crippen molar-refractivity contribution in [2.45, 2.75) is 25.5 Å². The molecule has 2 aromatic rings. The monoisotopic (exact) mass is 321 g/mol. The molecule has 1 heterocycles. The molecule has 0 saturated carbocycles. The van der Waals surface area contributed by atoms with Gasteiger partial charge in [-0.15, -0.1) is 0 Å². The molecular formula is C20H19NO3. The highest BCUT2D eigenvalue weighted by Crippen LogP contribution is 2.41. The van der Waals surface area contributed by atoms with E-state index in [1.165, 1.54) is 11.0 Å². The third kappa shape index (κ3) is 3.08. The van der Waals surface area contributed by atoms with Crippen molar-refractivity contribution in [3.63, 3.8) is 0 Å². The van der Waals surface area contributed by atoms with Crippen molar-refractivity contribution in [2.24, 2.45) is 0 Å². The molecule has 0 aliphatic carbocycles. The van der Waals surface area contributed by atoms with E-state index in [1.54, 1.807) is 6.08 Å². The Bertz CT molecular complexity index is 766. The number of rotatable bonds is 3. The Kier molecular flexibility index (Phi) is 4.21. The molecule has 1 aliphatic heterocycles. The van der Waals surface area contributed by atoms with Gasteiger partial charge in [-0.2, -0.15) is 0 Å². The lowest BCUT2D eigenvalue weighted by Gasteiger charge is -2.27. The normalized spacial score (nSPS) is 19.5. The van der Waals surface area contributed by atoms with E-state index in [9.17, 15) is 9.59 Å². The first-order valence-electron chi connectivity index (χ1n) is 7.83. The van der Waals surface area contributed by atoms with Crippen LogP contribution in [0.1, 0.15) is 31.0 Å². The molecular weight excluding hydrogens is 302 g/mol. The second kappa shape index (κ2) is 6.32. The smallest absolute Gasteiger partial charge is 0.418 e. The predicted molar refractivity (Wildman–Crippen MR) is 92.1 cm³/mol. The number of amides is 2. The largest absolute Gasteiger partial charge is 0.440 e. The summed E-state index contributed by atoms with van der Waals surface area (Å²) in [6.45, 7) is 3.63. The topological polar surface area (TPSA) is 46.6 Å². The molecule has 24 heavy (non-hydrogen) atoms. The zero-order valence-corrected chi connectivity index (χ0v) is 13.7. The summed E-state index contributed by atoms with van der Waals surface area (Å²) in [5.41, 5.74) is 0.984. The van der Waals surface area contributed by atoms with Gasteiger partial charge < -0.3 is 4.74 Å². The first-order valence-corrected chi connectivity index (χ1v) is 7.83. The summed E-state index contributed by atoms with van der Waals surface area (Å²) in [6, 6.07) is 18.5. The van der Waals surface area contributed by atoms with Gasteiger partial charge in [-0.25, -0.2) is 9.69 Å². The van der Waals surface area contributed by atoms with Crippen molar-refractivity contribution in [2.75, 3.05) is 0 Å². The van der Waals surface area contributed by atoms with E-state index in [0.29, 0.717) is 0 Å². The Labute approximate surface area is 141 Å². The van der Waals surface area contributed by atoms with Crippen molar-refractivity contribution >= 4 is 18.1 Å². The number of ether oxygens (including phenoxy) is 1. The number of hydrogen-bond acceptors (Lipinski definition) is 3. The number of cyclic esters (lactones) is 1. The van der Waals surface area contributed by atoms with E-state index in [-0.39, 0.29) is 5.91 Å². The van der Waals surface area contributed by atoms with Crippen molar-refractivity contribution in [1.29, 1.82) is 0 Å². The third-order valence-corrected chi connectivity index (χ3v) is 4.03. The van der Waals surface area contributed by atoms with Crippen LogP contribution in [-0.2, 0) is 9.53 Å². The molecule has 2 aromatic carbocycles. The minimum Gasteiger partial charge on any atom is -0.440 e. The van der Waals surface area contributed by atoms with Gasteiger partial charge in [-0.1, -0.05) is 60.7 Å². The van der Waals surface area contributed by atoms with Gasteiger partial charge >= 0.3 is 6.09 Å². The molecule has 1 atom stereocenters. The van der Waals surface area contributed by atoms with Crippen molar-refractivity contribution in [3.05, 3.63) is 77.9 Å². The SMILES string of the molecule is CC1(C)OC(=O)N(C(=O)/C=C/c2ccccc2)[C@@H]1c1ccccc1. The molecule has 122 valence electrons. The van der Waals surface area contributed by atoms with Crippen LogP contribution < -0.4 is 0 Å². The number of imide groups is 1. The highest BCUT2D eigenvalue weighted by molar-refractivity contribution is 6.02. The van der Waals surface area contributed by atoms with E-state index in [1.807, 2.05) is 74.5 Å². The molecule has 1 aliphatic rings. The summed E-state index contributed by atoms with van der Waals surface area (Å²) in [5, 5.41) is 0. The van der Waals surface area contributed by atoms with Crippen LogP contribution in [-0.4, -0.2) is 22.5 Å². The lowest BCUT2D eigenvalue weighted by molar-refractivity contribution is -0.124. The van der Waals surface area contributed by atoms with Gasteiger partial charge in [0.05, 0.1) is 0 Å². The van der Waals surface area contributed by atoms with Crippen LogP contribution in [0.3, 0.4) is 0 Å². The predicted octanol–water partition coefficient (Wildman–Crippen LogP) is 4.20. The molecule has 0 aromatic heterocycles. The fraction of sp³-hybridized carbons (Fsp3) is 0.200. The van der Waals surface area contributed by atoms with Gasteiger partial charge in [0.25, 0.3) is 5.91 Å². The summed E-state index contributed by atoms with van der Waals surface area (Å²) in [4.78, 5) is 26.1. The van der Waals surface area contributed by atoms with Crippen molar-refractivity contribution in [1.82, 2.24) is 4.90 Å². The molecule has 1 fully saturated rings. The van der Waals surface area contributed by atoms with Crippen LogP contribution in [0.5, 0.6) is 0 Å². The average molecular weight is 321 g/mol. The quantitative estimate of drug-likeness (QED) is 0.796. The number of benzene rings is 2. The molecule has 0 radical (unpaired) electrons. The summed E-state index contributed by atoms with van der Waals surface area (Å²) in [7, 11) is 0. The Hall–Kier alpha value is -2.88. The number of carbonyl (C=O) groups excluding carboxylic acids is 2. The summed E-state index contributed by atoms with van der Waals surface area (Å²) in [6.07, 6.45) is 2.49. The van der Waals surface area contributed by atoms with Gasteiger partial charge in [0.15, 0.2) is 0 Å². The minimum atomic E-state index is -0.783. The summed E-state index contributed by atoms with van der Waals surface area (Å²) >= 11 is 0. The van der Waals surface area contributed by atoms with E-state index >= 15 is 0 Å². The molecule has 0 unspecified atom stereocenters. The highest BCUT2D eigenvalue weighted by atomic mass is 16.6. The van der Waals surface area contributed by atoms with Crippen LogP contribution in [0.4, 0.5) is 4.79 Å². The Morgan fingerprint density at radius 1 is 1.04 bits per heavy atom. The van der Waals surface area contributed by atoms with Crippen molar-refractivity contribution < 1.29 is 14.3 Å². The maximum atomic E-state index is 12.6.